The second-order valence-electron chi connectivity index (χ2n) is 3.96. The lowest BCUT2D eigenvalue weighted by Crippen LogP contribution is -1.98. The molecule has 0 radical (unpaired) electrons. The van der Waals surface area contributed by atoms with Gasteiger partial charge in [0.15, 0.2) is 0 Å². The molecule has 0 aliphatic carbocycles. The van der Waals surface area contributed by atoms with Crippen molar-refractivity contribution in [1.82, 2.24) is 0 Å². The molecule has 2 aromatic rings. The highest BCUT2D eigenvalue weighted by atomic mass is 14.9. The summed E-state index contributed by atoms with van der Waals surface area (Å²) in [5.41, 5.74) is 14.3. The van der Waals surface area contributed by atoms with Crippen LogP contribution in [0.1, 0.15) is 11.1 Å². The van der Waals surface area contributed by atoms with Crippen LogP contribution in [0.5, 0.6) is 0 Å². The standard InChI is InChI=1S/C14H11N5/c15-7-9-5-11(17)1-3-13(9)19-14-4-2-12(18)6-10(14)8-16/h1-6,19H,17-18H2. The fourth-order valence-electron chi connectivity index (χ4n) is 1.67. The van der Waals surface area contributed by atoms with Crippen LogP contribution < -0.4 is 16.8 Å². The molecule has 2 aromatic carbocycles. The summed E-state index contributed by atoms with van der Waals surface area (Å²) in [6, 6.07) is 14.0. The van der Waals surface area contributed by atoms with E-state index in [2.05, 4.69) is 17.5 Å². The van der Waals surface area contributed by atoms with Crippen molar-refractivity contribution in [3.05, 3.63) is 47.5 Å². The molecule has 0 aliphatic heterocycles. The number of benzene rings is 2. The Kier molecular flexibility index (Phi) is 3.22. The molecule has 0 fully saturated rings. The quantitative estimate of drug-likeness (QED) is 0.707. The van der Waals surface area contributed by atoms with Crippen LogP contribution in [-0.4, -0.2) is 0 Å². The van der Waals surface area contributed by atoms with Gasteiger partial charge in [0, 0.05) is 11.4 Å². The normalized spacial score (nSPS) is 9.37. The van der Waals surface area contributed by atoms with Crippen molar-refractivity contribution in [1.29, 1.82) is 10.5 Å². The van der Waals surface area contributed by atoms with Crippen LogP contribution in [0.4, 0.5) is 22.7 Å². The fraction of sp³-hybridized carbons (Fsp3) is 0. The van der Waals surface area contributed by atoms with Crippen molar-refractivity contribution in [2.45, 2.75) is 0 Å². The Morgan fingerprint density at radius 3 is 1.58 bits per heavy atom. The monoisotopic (exact) mass is 249 g/mol. The smallest absolute Gasteiger partial charge is 0.101 e. The van der Waals surface area contributed by atoms with E-state index < -0.39 is 0 Å². The van der Waals surface area contributed by atoms with Crippen LogP contribution in [-0.2, 0) is 0 Å². The number of nitrogens with zero attached hydrogens (tertiary/aromatic N) is 2. The number of anilines is 4. The minimum atomic E-state index is 0.417. The molecule has 0 bridgehead atoms. The zero-order valence-electron chi connectivity index (χ0n) is 10.0. The number of nitrogens with one attached hydrogen (secondary N) is 1. The Hall–Kier alpha value is -3.18. The van der Waals surface area contributed by atoms with Crippen LogP contribution in [0.25, 0.3) is 0 Å². The van der Waals surface area contributed by atoms with Crippen LogP contribution in [0, 0.1) is 22.7 Å². The fourth-order valence-corrected chi connectivity index (χ4v) is 1.67. The lowest BCUT2D eigenvalue weighted by atomic mass is 10.1. The Balaban J connectivity index is 2.43. The van der Waals surface area contributed by atoms with Crippen LogP contribution in [0.15, 0.2) is 36.4 Å². The summed E-state index contributed by atoms with van der Waals surface area (Å²) in [5, 5.41) is 21.2. The lowest BCUT2D eigenvalue weighted by Gasteiger charge is -2.10. The molecule has 0 saturated heterocycles. The molecule has 2 rings (SSSR count). The minimum absolute atomic E-state index is 0.417. The van der Waals surface area contributed by atoms with Gasteiger partial charge in [-0.15, -0.1) is 0 Å². The SMILES string of the molecule is N#Cc1cc(N)ccc1Nc1ccc(N)cc1C#N. The van der Waals surface area contributed by atoms with Gasteiger partial charge in [0.05, 0.1) is 22.5 Å². The summed E-state index contributed by atoms with van der Waals surface area (Å²) in [5.74, 6) is 0. The molecule has 5 N–H and O–H groups in total. The Morgan fingerprint density at radius 2 is 1.21 bits per heavy atom. The van der Waals surface area contributed by atoms with Crippen LogP contribution in [0.3, 0.4) is 0 Å². The molecule has 19 heavy (non-hydrogen) atoms. The average molecular weight is 249 g/mol. The number of hydrogen-bond donors (Lipinski definition) is 3. The molecule has 5 nitrogen and oxygen atoms in total. The first-order valence-corrected chi connectivity index (χ1v) is 5.50. The first-order valence-electron chi connectivity index (χ1n) is 5.50. The zero-order chi connectivity index (χ0) is 13.8. The van der Waals surface area contributed by atoms with Gasteiger partial charge in [0.2, 0.25) is 0 Å². The van der Waals surface area contributed by atoms with Gasteiger partial charge in [-0.2, -0.15) is 10.5 Å². The minimum Gasteiger partial charge on any atom is -0.399 e. The molecule has 92 valence electrons. The van der Waals surface area contributed by atoms with Gasteiger partial charge in [0.1, 0.15) is 12.1 Å². The first kappa shape index (κ1) is 12.3. The van der Waals surface area contributed by atoms with E-state index in [-0.39, 0.29) is 0 Å². The maximum atomic E-state index is 9.06. The summed E-state index contributed by atoms with van der Waals surface area (Å²) in [7, 11) is 0. The van der Waals surface area contributed by atoms with Gasteiger partial charge in [-0.05, 0) is 36.4 Å². The van der Waals surface area contributed by atoms with E-state index >= 15 is 0 Å². The topological polar surface area (TPSA) is 112 Å². The predicted octanol–water partition coefficient (Wildman–Crippen LogP) is 2.34. The van der Waals surface area contributed by atoms with Crippen molar-refractivity contribution in [3.63, 3.8) is 0 Å². The van der Waals surface area contributed by atoms with E-state index in [1.807, 2.05) is 0 Å². The van der Waals surface area contributed by atoms with E-state index in [1.165, 1.54) is 0 Å². The molecule has 0 spiro atoms. The molecule has 0 unspecified atom stereocenters. The zero-order valence-corrected chi connectivity index (χ0v) is 10.0. The van der Waals surface area contributed by atoms with Gasteiger partial charge in [0.25, 0.3) is 0 Å². The maximum Gasteiger partial charge on any atom is 0.101 e. The summed E-state index contributed by atoms with van der Waals surface area (Å²) >= 11 is 0. The summed E-state index contributed by atoms with van der Waals surface area (Å²) in [4.78, 5) is 0. The van der Waals surface area contributed by atoms with E-state index in [0.29, 0.717) is 33.9 Å². The number of nitriles is 2. The molecule has 0 atom stereocenters. The van der Waals surface area contributed by atoms with Crippen molar-refractivity contribution in [2.75, 3.05) is 16.8 Å². The Labute approximate surface area is 110 Å². The van der Waals surface area contributed by atoms with Crippen molar-refractivity contribution >= 4 is 22.7 Å². The number of rotatable bonds is 2. The van der Waals surface area contributed by atoms with E-state index in [1.54, 1.807) is 36.4 Å². The van der Waals surface area contributed by atoms with Crippen molar-refractivity contribution in [2.24, 2.45) is 0 Å². The summed E-state index contributed by atoms with van der Waals surface area (Å²) < 4.78 is 0. The predicted molar refractivity (Wildman–Crippen MR) is 74.4 cm³/mol. The molecule has 0 heterocycles. The maximum absolute atomic E-state index is 9.06. The number of nitrogens with two attached hydrogens (primary N) is 2. The largest absolute Gasteiger partial charge is 0.399 e. The Morgan fingerprint density at radius 1 is 0.789 bits per heavy atom. The average Bonchev–Trinajstić information content (AvgIpc) is 2.42. The molecule has 0 aromatic heterocycles. The van der Waals surface area contributed by atoms with Crippen molar-refractivity contribution in [3.8, 4) is 12.1 Å². The van der Waals surface area contributed by atoms with Crippen LogP contribution in [0.2, 0.25) is 0 Å². The van der Waals surface area contributed by atoms with E-state index in [0.717, 1.165) is 0 Å². The number of hydrogen-bond acceptors (Lipinski definition) is 5. The van der Waals surface area contributed by atoms with Gasteiger partial charge in [-0.1, -0.05) is 0 Å². The van der Waals surface area contributed by atoms with E-state index in [4.69, 9.17) is 22.0 Å². The highest BCUT2D eigenvalue weighted by molar-refractivity contribution is 5.74. The molecule has 5 heteroatoms. The van der Waals surface area contributed by atoms with E-state index in [9.17, 15) is 0 Å². The lowest BCUT2D eigenvalue weighted by molar-refractivity contribution is 1.44. The second kappa shape index (κ2) is 4.99. The van der Waals surface area contributed by atoms with Gasteiger partial charge in [-0.25, -0.2) is 0 Å². The third kappa shape index (κ3) is 2.56. The highest BCUT2D eigenvalue weighted by Gasteiger charge is 2.06. The molecular formula is C14H11N5. The van der Waals surface area contributed by atoms with Crippen molar-refractivity contribution < 1.29 is 0 Å². The van der Waals surface area contributed by atoms with Gasteiger partial charge in [-0.3, -0.25) is 0 Å². The summed E-state index contributed by atoms with van der Waals surface area (Å²) in [6.45, 7) is 0. The molecule has 0 aliphatic rings. The molecular weight excluding hydrogens is 238 g/mol. The third-order valence-electron chi connectivity index (χ3n) is 2.60. The first-order chi connectivity index (χ1) is 9.13. The van der Waals surface area contributed by atoms with Gasteiger partial charge >= 0.3 is 0 Å². The van der Waals surface area contributed by atoms with Crippen LogP contribution >= 0.6 is 0 Å². The second-order valence-corrected chi connectivity index (χ2v) is 3.96. The highest BCUT2D eigenvalue weighted by Crippen LogP contribution is 2.26. The van der Waals surface area contributed by atoms with Gasteiger partial charge < -0.3 is 16.8 Å². The molecule has 0 amide bonds. The third-order valence-corrected chi connectivity index (χ3v) is 2.60. The molecule has 0 saturated carbocycles. The Bertz CT molecular complexity index is 645. The summed E-state index contributed by atoms with van der Waals surface area (Å²) in [6.07, 6.45) is 0. The number of nitrogen functional groups attached to an aromatic ring is 2.